The maximum atomic E-state index is 12.2. The Morgan fingerprint density at radius 2 is 1.77 bits per heavy atom. The molecule has 0 bridgehead atoms. The molecule has 22 heavy (non-hydrogen) atoms. The van der Waals surface area contributed by atoms with E-state index in [1.54, 1.807) is 6.07 Å². The van der Waals surface area contributed by atoms with E-state index in [1.165, 1.54) is 25.0 Å². The topological polar surface area (TPSA) is 101 Å². The molecule has 2 fully saturated rings. The quantitative estimate of drug-likeness (QED) is 0.563. The number of sulfonamides is 1. The Bertz CT molecular complexity index is 681. The Morgan fingerprint density at radius 3 is 2.36 bits per heavy atom. The number of nitrogens with one attached hydrogen (secondary N) is 2. The van der Waals surface area contributed by atoms with Crippen LogP contribution in [0.4, 0.5) is 11.4 Å². The fourth-order valence-electron chi connectivity index (χ4n) is 2.21. The standard InChI is InChI=1S/C14H19N3O4S/c18-17(19)13-7-12(15-8-10-1-2-10)5-6-14(13)22(20,21)16-9-11-3-4-11/h5-7,10-11,15-16H,1-4,8-9H2. The number of nitrogens with zero attached hydrogens (tertiary/aromatic N) is 1. The first kappa shape index (κ1) is 15.2. The Kier molecular flexibility index (Phi) is 4.05. The summed E-state index contributed by atoms with van der Waals surface area (Å²) in [4.78, 5) is 10.3. The van der Waals surface area contributed by atoms with Crippen LogP contribution in [0, 0.1) is 22.0 Å². The summed E-state index contributed by atoms with van der Waals surface area (Å²) in [6.45, 7) is 1.12. The first-order valence-electron chi connectivity index (χ1n) is 7.47. The third-order valence-corrected chi connectivity index (χ3v) is 5.47. The summed E-state index contributed by atoms with van der Waals surface area (Å²) in [5, 5.41) is 14.3. The van der Waals surface area contributed by atoms with Gasteiger partial charge in [0.25, 0.3) is 5.69 Å². The third kappa shape index (κ3) is 3.75. The smallest absolute Gasteiger partial charge is 0.291 e. The molecule has 7 nitrogen and oxygen atoms in total. The highest BCUT2D eigenvalue weighted by atomic mass is 32.2. The minimum atomic E-state index is -3.85. The second-order valence-corrected chi connectivity index (χ2v) is 7.79. The van der Waals surface area contributed by atoms with E-state index in [1.807, 2.05) is 0 Å². The first-order valence-corrected chi connectivity index (χ1v) is 8.96. The van der Waals surface area contributed by atoms with E-state index in [9.17, 15) is 18.5 Å². The lowest BCUT2D eigenvalue weighted by Gasteiger charge is -2.09. The van der Waals surface area contributed by atoms with Crippen LogP contribution in [0.25, 0.3) is 0 Å². The van der Waals surface area contributed by atoms with E-state index in [2.05, 4.69) is 10.0 Å². The molecule has 0 radical (unpaired) electrons. The van der Waals surface area contributed by atoms with Gasteiger partial charge in [0.05, 0.1) is 4.92 Å². The fourth-order valence-corrected chi connectivity index (χ4v) is 3.48. The Labute approximate surface area is 129 Å². The molecule has 2 saturated carbocycles. The molecule has 0 aromatic heterocycles. The summed E-state index contributed by atoms with van der Waals surface area (Å²) >= 11 is 0. The van der Waals surface area contributed by atoms with Gasteiger partial charge >= 0.3 is 0 Å². The van der Waals surface area contributed by atoms with Crippen molar-refractivity contribution in [3.63, 3.8) is 0 Å². The predicted molar refractivity (Wildman–Crippen MR) is 82.2 cm³/mol. The van der Waals surface area contributed by atoms with Crippen LogP contribution in [0.5, 0.6) is 0 Å². The van der Waals surface area contributed by atoms with Gasteiger partial charge in [-0.3, -0.25) is 10.1 Å². The monoisotopic (exact) mass is 325 g/mol. The van der Waals surface area contributed by atoms with Crippen molar-refractivity contribution in [1.82, 2.24) is 4.72 Å². The molecule has 0 spiro atoms. The molecule has 0 amide bonds. The molecule has 0 atom stereocenters. The van der Waals surface area contributed by atoms with E-state index in [0.29, 0.717) is 24.1 Å². The van der Waals surface area contributed by atoms with Gasteiger partial charge in [-0.2, -0.15) is 0 Å². The molecule has 0 aliphatic heterocycles. The summed E-state index contributed by atoms with van der Waals surface area (Å²) in [5.41, 5.74) is 0.198. The summed E-state index contributed by atoms with van der Waals surface area (Å²) in [6.07, 6.45) is 4.36. The molecule has 120 valence electrons. The lowest BCUT2D eigenvalue weighted by molar-refractivity contribution is -0.387. The van der Waals surface area contributed by atoms with Crippen molar-refractivity contribution < 1.29 is 13.3 Å². The third-order valence-electron chi connectivity index (χ3n) is 4.00. The van der Waals surface area contributed by atoms with Crippen molar-refractivity contribution >= 4 is 21.4 Å². The summed E-state index contributed by atoms with van der Waals surface area (Å²) < 4.78 is 26.9. The molecule has 3 rings (SSSR count). The molecule has 0 unspecified atom stereocenters. The number of nitro groups is 1. The average molecular weight is 325 g/mol. The van der Waals surface area contributed by atoms with Crippen LogP contribution in [0.1, 0.15) is 25.7 Å². The molecular formula is C14H19N3O4S. The highest BCUT2D eigenvalue weighted by Crippen LogP contribution is 2.32. The highest BCUT2D eigenvalue weighted by molar-refractivity contribution is 7.89. The van der Waals surface area contributed by atoms with Gasteiger partial charge in [-0.1, -0.05) is 0 Å². The molecule has 2 N–H and O–H groups in total. The van der Waals surface area contributed by atoms with Crippen LogP contribution in [0.15, 0.2) is 23.1 Å². The van der Waals surface area contributed by atoms with Crippen LogP contribution in [0.3, 0.4) is 0 Å². The van der Waals surface area contributed by atoms with Crippen molar-refractivity contribution in [2.45, 2.75) is 30.6 Å². The van der Waals surface area contributed by atoms with Crippen molar-refractivity contribution in [2.24, 2.45) is 11.8 Å². The first-order chi connectivity index (χ1) is 10.5. The lowest BCUT2D eigenvalue weighted by atomic mass is 10.2. The zero-order valence-electron chi connectivity index (χ0n) is 12.1. The molecule has 2 aliphatic carbocycles. The minimum Gasteiger partial charge on any atom is -0.385 e. The molecular weight excluding hydrogens is 306 g/mol. The fraction of sp³-hybridized carbons (Fsp3) is 0.571. The number of nitro benzene ring substituents is 1. The number of benzene rings is 1. The zero-order chi connectivity index (χ0) is 15.7. The molecule has 2 aliphatic rings. The number of anilines is 1. The van der Waals surface area contributed by atoms with E-state index >= 15 is 0 Å². The number of hydrogen-bond donors (Lipinski definition) is 2. The Morgan fingerprint density at radius 1 is 1.14 bits per heavy atom. The molecule has 8 heteroatoms. The SMILES string of the molecule is O=[N+]([O-])c1cc(NCC2CC2)ccc1S(=O)(=O)NCC1CC1. The Balaban J connectivity index is 1.79. The van der Waals surface area contributed by atoms with E-state index in [-0.39, 0.29) is 10.6 Å². The molecule has 0 saturated heterocycles. The van der Waals surface area contributed by atoms with Gasteiger partial charge in [-0.25, -0.2) is 13.1 Å². The van der Waals surface area contributed by atoms with E-state index < -0.39 is 14.9 Å². The van der Waals surface area contributed by atoms with E-state index in [4.69, 9.17) is 0 Å². The summed E-state index contributed by atoms with van der Waals surface area (Å²) in [6, 6.07) is 4.19. The lowest BCUT2D eigenvalue weighted by Crippen LogP contribution is -2.26. The van der Waals surface area contributed by atoms with Gasteiger partial charge < -0.3 is 5.32 Å². The van der Waals surface area contributed by atoms with Crippen LogP contribution >= 0.6 is 0 Å². The zero-order valence-corrected chi connectivity index (χ0v) is 12.9. The van der Waals surface area contributed by atoms with Crippen molar-refractivity contribution in [3.05, 3.63) is 28.3 Å². The predicted octanol–water partition coefficient (Wildman–Crippen LogP) is 2.10. The second-order valence-electron chi connectivity index (χ2n) is 6.06. The minimum absolute atomic E-state index is 0.268. The molecule has 1 aromatic carbocycles. The average Bonchev–Trinajstić information content (AvgIpc) is 3.37. The maximum Gasteiger partial charge on any atom is 0.291 e. The van der Waals surface area contributed by atoms with Gasteiger partial charge in [-0.15, -0.1) is 0 Å². The normalized spacial score (nSPS) is 18.2. The maximum absolute atomic E-state index is 12.2. The largest absolute Gasteiger partial charge is 0.385 e. The van der Waals surface area contributed by atoms with Crippen LogP contribution in [0.2, 0.25) is 0 Å². The van der Waals surface area contributed by atoms with Crippen LogP contribution in [-0.4, -0.2) is 26.4 Å². The highest BCUT2D eigenvalue weighted by Gasteiger charge is 2.29. The van der Waals surface area contributed by atoms with Crippen LogP contribution in [-0.2, 0) is 10.0 Å². The summed E-state index contributed by atoms with van der Waals surface area (Å²) in [5.74, 6) is 0.996. The number of hydrogen-bond acceptors (Lipinski definition) is 5. The van der Waals surface area contributed by atoms with Crippen LogP contribution < -0.4 is 10.0 Å². The van der Waals surface area contributed by atoms with Gasteiger partial charge in [-0.05, 0) is 49.7 Å². The van der Waals surface area contributed by atoms with Gasteiger partial charge in [0, 0.05) is 24.8 Å². The van der Waals surface area contributed by atoms with Gasteiger partial charge in [0.1, 0.15) is 0 Å². The van der Waals surface area contributed by atoms with Crippen molar-refractivity contribution in [3.8, 4) is 0 Å². The molecule has 1 aromatic rings. The van der Waals surface area contributed by atoms with Crippen molar-refractivity contribution in [2.75, 3.05) is 18.4 Å². The van der Waals surface area contributed by atoms with Gasteiger partial charge in [0.15, 0.2) is 4.90 Å². The molecule has 0 heterocycles. The Hall–Kier alpha value is -1.67. The van der Waals surface area contributed by atoms with E-state index in [0.717, 1.165) is 19.4 Å². The summed E-state index contributed by atoms with van der Waals surface area (Å²) in [7, 11) is -3.85. The second kappa shape index (κ2) is 5.85. The number of rotatable bonds is 8. The van der Waals surface area contributed by atoms with Crippen molar-refractivity contribution in [1.29, 1.82) is 0 Å². The van der Waals surface area contributed by atoms with Gasteiger partial charge in [0.2, 0.25) is 10.0 Å².